The number of esters is 1. The Morgan fingerprint density at radius 3 is 2.68 bits per heavy atom. The fourth-order valence-corrected chi connectivity index (χ4v) is 4.61. The number of methoxy groups -OCH3 is 1. The topological polar surface area (TPSA) is 29.5 Å². The van der Waals surface area contributed by atoms with Crippen molar-refractivity contribution in [2.45, 2.75) is 37.3 Å². The van der Waals surface area contributed by atoms with Crippen molar-refractivity contribution in [1.29, 1.82) is 0 Å². The third-order valence-corrected chi connectivity index (χ3v) is 5.72. The second kappa shape index (κ2) is 6.71. The molecule has 1 aromatic carbocycles. The smallest absolute Gasteiger partial charge is 0.310 e. The van der Waals surface area contributed by atoms with Crippen molar-refractivity contribution in [3.05, 3.63) is 39.5 Å². The molecule has 3 rings (SSSR count). The molecule has 0 radical (unpaired) electrons. The van der Waals surface area contributed by atoms with Crippen LogP contribution in [-0.2, 0) is 9.53 Å². The number of halogens is 1. The molecule has 22 heavy (non-hydrogen) atoms. The van der Waals surface area contributed by atoms with Gasteiger partial charge < -0.3 is 4.74 Å². The molecule has 4 atom stereocenters. The van der Waals surface area contributed by atoms with Crippen LogP contribution in [-0.4, -0.2) is 37.1 Å². The third-order valence-electron chi connectivity index (χ3n) is 5.36. The van der Waals surface area contributed by atoms with Gasteiger partial charge in [-0.05, 0) is 47.6 Å². The summed E-state index contributed by atoms with van der Waals surface area (Å²) in [5.74, 6) is 0.178. The van der Waals surface area contributed by atoms with E-state index in [1.54, 1.807) is 0 Å². The molecule has 2 aliphatic rings. The lowest BCUT2D eigenvalue weighted by molar-refractivity contribution is -0.150. The summed E-state index contributed by atoms with van der Waals surface area (Å²) >= 11 is 2.23. The SMILES string of the molecule is COC(=O)C1C(c2ccc(/C=C/I)cc2)CC2CCC1N2C. The largest absolute Gasteiger partial charge is 0.469 e. The minimum absolute atomic E-state index is 0.0419. The first kappa shape index (κ1) is 16.0. The van der Waals surface area contributed by atoms with Crippen LogP contribution in [0, 0.1) is 5.92 Å². The summed E-state index contributed by atoms with van der Waals surface area (Å²) in [6, 6.07) is 9.56. The maximum Gasteiger partial charge on any atom is 0.310 e. The van der Waals surface area contributed by atoms with E-state index >= 15 is 0 Å². The summed E-state index contributed by atoms with van der Waals surface area (Å²) in [5.41, 5.74) is 2.47. The van der Waals surface area contributed by atoms with Crippen molar-refractivity contribution in [2.24, 2.45) is 5.92 Å². The number of rotatable bonds is 3. The summed E-state index contributed by atoms with van der Waals surface area (Å²) < 4.78 is 7.14. The highest BCUT2D eigenvalue weighted by Gasteiger charge is 2.49. The molecule has 0 aliphatic carbocycles. The molecule has 2 saturated heterocycles. The van der Waals surface area contributed by atoms with Crippen molar-refractivity contribution < 1.29 is 9.53 Å². The highest BCUT2D eigenvalue weighted by Crippen LogP contribution is 2.46. The zero-order valence-electron chi connectivity index (χ0n) is 13.0. The van der Waals surface area contributed by atoms with E-state index in [9.17, 15) is 4.79 Å². The number of carbonyl (C=O) groups is 1. The highest BCUT2D eigenvalue weighted by atomic mass is 127. The van der Waals surface area contributed by atoms with Crippen molar-refractivity contribution in [3.63, 3.8) is 0 Å². The number of ether oxygens (including phenoxy) is 1. The van der Waals surface area contributed by atoms with Gasteiger partial charge in [0.25, 0.3) is 0 Å². The van der Waals surface area contributed by atoms with E-state index < -0.39 is 0 Å². The van der Waals surface area contributed by atoms with Crippen molar-refractivity contribution >= 4 is 34.6 Å². The molecule has 0 saturated carbocycles. The molecular weight excluding hydrogens is 389 g/mol. The van der Waals surface area contributed by atoms with Crippen LogP contribution < -0.4 is 0 Å². The number of hydrogen-bond donors (Lipinski definition) is 0. The summed E-state index contributed by atoms with van der Waals surface area (Å²) in [7, 11) is 3.66. The predicted molar refractivity (Wildman–Crippen MR) is 96.9 cm³/mol. The normalized spacial score (nSPS) is 31.6. The summed E-state index contributed by atoms with van der Waals surface area (Å²) in [6.07, 6.45) is 5.43. The number of benzene rings is 1. The minimum atomic E-state index is -0.0570. The van der Waals surface area contributed by atoms with Gasteiger partial charge in [0.05, 0.1) is 13.0 Å². The van der Waals surface area contributed by atoms with E-state index in [4.69, 9.17) is 4.74 Å². The van der Waals surface area contributed by atoms with Crippen LogP contribution >= 0.6 is 22.6 Å². The van der Waals surface area contributed by atoms with Crippen LogP contribution in [0.5, 0.6) is 0 Å². The van der Waals surface area contributed by atoms with E-state index in [1.807, 2.05) is 4.08 Å². The molecule has 0 N–H and O–H groups in total. The van der Waals surface area contributed by atoms with Gasteiger partial charge in [-0.3, -0.25) is 9.69 Å². The summed E-state index contributed by atoms with van der Waals surface area (Å²) in [4.78, 5) is 14.8. The Labute approximate surface area is 145 Å². The first-order chi connectivity index (χ1) is 10.7. The number of piperidine rings is 1. The second-order valence-electron chi connectivity index (χ2n) is 6.31. The highest BCUT2D eigenvalue weighted by molar-refractivity contribution is 14.1. The maximum absolute atomic E-state index is 12.4. The van der Waals surface area contributed by atoms with Crippen molar-refractivity contribution in [2.75, 3.05) is 14.2 Å². The van der Waals surface area contributed by atoms with Gasteiger partial charge in [0.1, 0.15) is 0 Å². The standard InChI is InChI=1S/C18H22INO2/c1-20-14-7-8-16(20)17(18(21)22-2)15(11-14)13-5-3-12(4-6-13)9-10-19/h3-6,9-10,14-17H,7-8,11H2,1-2H3/b10-9+. The van der Waals surface area contributed by atoms with Gasteiger partial charge in [0, 0.05) is 18.0 Å². The Hall–Kier alpha value is -0.880. The molecule has 3 nitrogen and oxygen atoms in total. The molecule has 1 aromatic rings. The molecule has 4 heteroatoms. The first-order valence-electron chi connectivity index (χ1n) is 7.82. The van der Waals surface area contributed by atoms with E-state index in [1.165, 1.54) is 24.7 Å². The Bertz CT molecular complexity index is 569. The monoisotopic (exact) mass is 411 g/mol. The van der Waals surface area contributed by atoms with E-state index in [0.29, 0.717) is 12.1 Å². The van der Waals surface area contributed by atoms with Crippen LogP contribution in [0.3, 0.4) is 0 Å². The molecular formula is C18H22INO2. The molecule has 2 bridgehead atoms. The Morgan fingerprint density at radius 2 is 2.05 bits per heavy atom. The summed E-state index contributed by atoms with van der Waals surface area (Å²) in [6.45, 7) is 0. The molecule has 0 aromatic heterocycles. The molecule has 4 unspecified atom stereocenters. The first-order valence-corrected chi connectivity index (χ1v) is 9.06. The van der Waals surface area contributed by atoms with Gasteiger partial charge in [-0.1, -0.05) is 46.9 Å². The lowest BCUT2D eigenvalue weighted by Gasteiger charge is -2.41. The molecule has 2 aliphatic heterocycles. The predicted octanol–water partition coefficient (Wildman–Crippen LogP) is 3.83. The van der Waals surface area contributed by atoms with Gasteiger partial charge in [-0.2, -0.15) is 0 Å². The van der Waals surface area contributed by atoms with Gasteiger partial charge >= 0.3 is 5.97 Å². The van der Waals surface area contributed by atoms with Gasteiger partial charge in [0.15, 0.2) is 0 Å². The second-order valence-corrected chi connectivity index (χ2v) is 7.03. The molecule has 2 heterocycles. The third kappa shape index (κ3) is 2.83. The van der Waals surface area contributed by atoms with E-state index in [2.05, 4.69) is 64.9 Å². The van der Waals surface area contributed by atoms with Crippen LogP contribution in [0.25, 0.3) is 6.08 Å². The van der Waals surface area contributed by atoms with E-state index in [-0.39, 0.29) is 17.8 Å². The number of carbonyl (C=O) groups excluding carboxylic acids is 1. The lowest BCUT2D eigenvalue weighted by atomic mass is 9.76. The maximum atomic E-state index is 12.4. The Kier molecular flexibility index (Phi) is 4.88. The average molecular weight is 411 g/mol. The van der Waals surface area contributed by atoms with E-state index in [0.717, 1.165) is 12.8 Å². The van der Waals surface area contributed by atoms with Crippen molar-refractivity contribution in [3.8, 4) is 0 Å². The van der Waals surface area contributed by atoms with Crippen LogP contribution in [0.1, 0.15) is 36.3 Å². The molecule has 2 fully saturated rings. The van der Waals surface area contributed by atoms with Gasteiger partial charge in [0.2, 0.25) is 0 Å². The van der Waals surface area contributed by atoms with Crippen LogP contribution in [0.4, 0.5) is 0 Å². The lowest BCUT2D eigenvalue weighted by Crippen LogP contribution is -2.49. The Balaban J connectivity index is 1.91. The molecule has 118 valence electrons. The fourth-order valence-electron chi connectivity index (χ4n) is 4.19. The quantitative estimate of drug-likeness (QED) is 0.560. The number of hydrogen-bond acceptors (Lipinski definition) is 3. The Morgan fingerprint density at radius 1 is 1.32 bits per heavy atom. The van der Waals surface area contributed by atoms with Crippen LogP contribution in [0.2, 0.25) is 0 Å². The zero-order valence-corrected chi connectivity index (χ0v) is 15.2. The molecule has 0 spiro atoms. The number of fused-ring (bicyclic) bond motifs is 2. The fraction of sp³-hybridized carbons (Fsp3) is 0.500. The minimum Gasteiger partial charge on any atom is -0.469 e. The van der Waals surface area contributed by atoms with Crippen LogP contribution in [0.15, 0.2) is 28.3 Å². The van der Waals surface area contributed by atoms with Gasteiger partial charge in [-0.25, -0.2) is 0 Å². The van der Waals surface area contributed by atoms with Crippen molar-refractivity contribution in [1.82, 2.24) is 4.90 Å². The summed E-state index contributed by atoms with van der Waals surface area (Å²) in [5, 5.41) is 0. The molecule has 0 amide bonds. The number of nitrogens with zero attached hydrogens (tertiary/aromatic N) is 1. The average Bonchev–Trinajstić information content (AvgIpc) is 2.77. The zero-order chi connectivity index (χ0) is 15.7. The van der Waals surface area contributed by atoms with Gasteiger partial charge in [-0.15, -0.1) is 0 Å².